The first-order valence-electron chi connectivity index (χ1n) is 9.52. The number of rotatable bonds is 7. The summed E-state index contributed by atoms with van der Waals surface area (Å²) in [6.45, 7) is 7.98. The van der Waals surface area contributed by atoms with Crippen LogP contribution in [0.2, 0.25) is 0 Å². The van der Waals surface area contributed by atoms with Gasteiger partial charge in [-0.2, -0.15) is 0 Å². The van der Waals surface area contributed by atoms with E-state index in [4.69, 9.17) is 0 Å². The van der Waals surface area contributed by atoms with Crippen molar-refractivity contribution in [1.29, 1.82) is 0 Å². The molecule has 0 radical (unpaired) electrons. The normalized spacial score (nSPS) is 11.1. The number of hydrogen-bond acceptors (Lipinski definition) is 2. The molecule has 0 unspecified atom stereocenters. The van der Waals surface area contributed by atoms with Crippen LogP contribution in [0.5, 0.6) is 0 Å². The van der Waals surface area contributed by atoms with E-state index in [1.54, 1.807) is 25.8 Å². The molecule has 4 nitrogen and oxygen atoms in total. The van der Waals surface area contributed by atoms with Crippen LogP contribution in [0.3, 0.4) is 0 Å². The Morgan fingerprint density at radius 2 is 1.48 bits per heavy atom. The summed E-state index contributed by atoms with van der Waals surface area (Å²) in [6.07, 6.45) is 1.65. The molecule has 0 fully saturated rings. The highest BCUT2D eigenvalue weighted by atomic mass is 16.2. The predicted molar refractivity (Wildman–Crippen MR) is 111 cm³/mol. The van der Waals surface area contributed by atoms with Crippen molar-refractivity contribution in [2.75, 3.05) is 12.4 Å². The maximum absolute atomic E-state index is 13.0. The van der Waals surface area contributed by atoms with Crippen LogP contribution in [0.15, 0.2) is 48.5 Å². The van der Waals surface area contributed by atoms with Crippen molar-refractivity contribution in [1.82, 2.24) is 4.90 Å². The molecule has 2 aromatic carbocycles. The summed E-state index contributed by atoms with van der Waals surface area (Å²) in [4.78, 5) is 27.6. The van der Waals surface area contributed by atoms with Crippen molar-refractivity contribution in [2.24, 2.45) is 5.41 Å². The number of amides is 2. The highest BCUT2D eigenvalue weighted by Crippen LogP contribution is 2.27. The molecular weight excluding hydrogens is 336 g/mol. The van der Waals surface area contributed by atoms with Crippen molar-refractivity contribution >= 4 is 17.5 Å². The van der Waals surface area contributed by atoms with E-state index < -0.39 is 5.41 Å². The van der Waals surface area contributed by atoms with Gasteiger partial charge in [-0.3, -0.25) is 9.59 Å². The van der Waals surface area contributed by atoms with Gasteiger partial charge in [0.05, 0.1) is 0 Å². The van der Waals surface area contributed by atoms with Gasteiger partial charge >= 0.3 is 0 Å². The summed E-state index contributed by atoms with van der Waals surface area (Å²) in [5.41, 5.74) is 2.90. The number of nitrogens with zero attached hydrogens (tertiary/aromatic N) is 1. The van der Waals surface area contributed by atoms with Gasteiger partial charge < -0.3 is 10.2 Å². The number of carbonyl (C=O) groups is 2. The number of aryl methyl sites for hydroxylation is 2. The van der Waals surface area contributed by atoms with Crippen molar-refractivity contribution in [3.8, 4) is 0 Å². The van der Waals surface area contributed by atoms with E-state index in [0.29, 0.717) is 6.54 Å². The number of hydrogen-bond donors (Lipinski definition) is 1. The molecule has 4 heteroatoms. The van der Waals surface area contributed by atoms with E-state index >= 15 is 0 Å². The molecule has 144 valence electrons. The fourth-order valence-corrected chi connectivity index (χ4v) is 3.18. The Hall–Kier alpha value is -2.62. The highest BCUT2D eigenvalue weighted by molar-refractivity contribution is 6.10. The first-order chi connectivity index (χ1) is 12.8. The minimum atomic E-state index is -1.16. The fourth-order valence-electron chi connectivity index (χ4n) is 3.18. The minimum Gasteiger partial charge on any atom is -0.341 e. The number of para-hydroxylation sites is 1. The van der Waals surface area contributed by atoms with Gasteiger partial charge in [-0.25, -0.2) is 0 Å². The van der Waals surface area contributed by atoms with E-state index in [1.807, 2.05) is 48.5 Å². The van der Waals surface area contributed by atoms with Crippen LogP contribution >= 0.6 is 0 Å². The van der Waals surface area contributed by atoms with E-state index in [9.17, 15) is 9.59 Å². The number of nitrogens with one attached hydrogen (secondary N) is 1. The topological polar surface area (TPSA) is 49.4 Å². The predicted octanol–water partition coefficient (Wildman–Crippen LogP) is 4.43. The number of benzene rings is 2. The standard InChI is InChI=1S/C23H30N2O2/c1-6-18-14-11-15-19(7-2)20(18)24-21(26)23(3,4)22(27)25(5)16-17-12-9-8-10-13-17/h8-15H,6-7,16H2,1-5H3,(H,24,26). The molecule has 27 heavy (non-hydrogen) atoms. The van der Waals surface area contributed by atoms with E-state index in [2.05, 4.69) is 19.2 Å². The molecule has 0 aliphatic rings. The van der Waals surface area contributed by atoms with Crippen LogP contribution in [-0.4, -0.2) is 23.8 Å². The molecular formula is C23H30N2O2. The molecule has 0 aromatic heterocycles. The van der Waals surface area contributed by atoms with Gasteiger partial charge in [0.1, 0.15) is 5.41 Å². The lowest BCUT2D eigenvalue weighted by Crippen LogP contribution is -2.45. The SMILES string of the molecule is CCc1cccc(CC)c1NC(=O)C(C)(C)C(=O)N(C)Cc1ccccc1. The summed E-state index contributed by atoms with van der Waals surface area (Å²) in [6, 6.07) is 15.8. The van der Waals surface area contributed by atoms with Crippen LogP contribution in [0.4, 0.5) is 5.69 Å². The maximum Gasteiger partial charge on any atom is 0.239 e. The van der Waals surface area contributed by atoms with Crippen LogP contribution in [-0.2, 0) is 29.0 Å². The Morgan fingerprint density at radius 1 is 0.926 bits per heavy atom. The zero-order valence-electron chi connectivity index (χ0n) is 17.0. The van der Waals surface area contributed by atoms with Gasteiger partial charge in [0, 0.05) is 19.3 Å². The van der Waals surface area contributed by atoms with E-state index in [0.717, 1.165) is 35.2 Å². The van der Waals surface area contributed by atoms with Crippen LogP contribution in [0.25, 0.3) is 0 Å². The average molecular weight is 367 g/mol. The van der Waals surface area contributed by atoms with Gasteiger partial charge in [-0.15, -0.1) is 0 Å². The summed E-state index contributed by atoms with van der Waals surface area (Å²) in [7, 11) is 1.74. The third kappa shape index (κ3) is 4.76. The summed E-state index contributed by atoms with van der Waals surface area (Å²) >= 11 is 0. The average Bonchev–Trinajstić information content (AvgIpc) is 2.68. The Morgan fingerprint density at radius 3 is 2.00 bits per heavy atom. The zero-order chi connectivity index (χ0) is 20.0. The van der Waals surface area contributed by atoms with E-state index in [1.165, 1.54) is 0 Å². The van der Waals surface area contributed by atoms with Gasteiger partial charge in [0.2, 0.25) is 11.8 Å². The smallest absolute Gasteiger partial charge is 0.239 e. The monoisotopic (exact) mass is 366 g/mol. The van der Waals surface area contributed by atoms with Gasteiger partial charge in [0.15, 0.2) is 0 Å². The fraction of sp³-hybridized carbons (Fsp3) is 0.391. The number of carbonyl (C=O) groups excluding carboxylic acids is 2. The van der Waals surface area contributed by atoms with Crippen molar-refractivity contribution in [2.45, 2.75) is 47.1 Å². The Balaban J connectivity index is 2.18. The van der Waals surface area contributed by atoms with Crippen molar-refractivity contribution in [3.05, 3.63) is 65.2 Å². The second-order valence-electron chi connectivity index (χ2n) is 7.38. The third-order valence-corrected chi connectivity index (χ3v) is 4.95. The Kier molecular flexibility index (Phi) is 6.78. The van der Waals surface area contributed by atoms with E-state index in [-0.39, 0.29) is 11.8 Å². The van der Waals surface area contributed by atoms with Gasteiger partial charge in [0.25, 0.3) is 0 Å². The molecule has 0 saturated heterocycles. The maximum atomic E-state index is 13.0. The number of anilines is 1. The Labute approximate surface area is 162 Å². The largest absolute Gasteiger partial charge is 0.341 e. The lowest BCUT2D eigenvalue weighted by Gasteiger charge is -2.29. The van der Waals surface area contributed by atoms with Crippen LogP contribution < -0.4 is 5.32 Å². The van der Waals surface area contributed by atoms with Gasteiger partial charge in [-0.05, 0) is 43.4 Å². The molecule has 0 spiro atoms. The quantitative estimate of drug-likeness (QED) is 0.737. The summed E-state index contributed by atoms with van der Waals surface area (Å²) < 4.78 is 0. The molecule has 2 rings (SSSR count). The summed E-state index contributed by atoms with van der Waals surface area (Å²) in [5, 5.41) is 3.03. The third-order valence-electron chi connectivity index (χ3n) is 4.95. The lowest BCUT2D eigenvalue weighted by atomic mass is 9.89. The summed E-state index contributed by atoms with van der Waals surface area (Å²) in [5.74, 6) is -0.473. The molecule has 0 heterocycles. The molecule has 0 saturated carbocycles. The first-order valence-corrected chi connectivity index (χ1v) is 9.52. The van der Waals surface area contributed by atoms with Crippen molar-refractivity contribution in [3.63, 3.8) is 0 Å². The first kappa shape index (κ1) is 20.7. The zero-order valence-corrected chi connectivity index (χ0v) is 17.0. The molecule has 1 N–H and O–H groups in total. The lowest BCUT2D eigenvalue weighted by molar-refractivity contribution is -0.145. The second-order valence-corrected chi connectivity index (χ2v) is 7.38. The molecule has 0 atom stereocenters. The minimum absolute atomic E-state index is 0.198. The second kappa shape index (κ2) is 8.85. The molecule has 0 aliphatic carbocycles. The molecule has 0 bridgehead atoms. The van der Waals surface area contributed by atoms with Crippen molar-refractivity contribution < 1.29 is 9.59 Å². The molecule has 0 aliphatic heterocycles. The highest BCUT2D eigenvalue weighted by Gasteiger charge is 2.38. The molecule has 2 amide bonds. The Bertz CT molecular complexity index is 775. The molecule has 2 aromatic rings. The van der Waals surface area contributed by atoms with Crippen LogP contribution in [0.1, 0.15) is 44.4 Å². The van der Waals surface area contributed by atoms with Gasteiger partial charge in [-0.1, -0.05) is 62.4 Å². The van der Waals surface area contributed by atoms with Crippen LogP contribution in [0, 0.1) is 5.41 Å².